The van der Waals surface area contributed by atoms with E-state index in [1.807, 2.05) is 0 Å². The molecule has 0 unspecified atom stereocenters. The Morgan fingerprint density at radius 1 is 0.846 bits per heavy atom. The summed E-state index contributed by atoms with van der Waals surface area (Å²) in [7, 11) is 1.29. The monoisotopic (exact) mass is 376 g/mol. The number of carbonyl (C=O) groups is 2. The maximum Gasteiger partial charge on any atom is 1.00 e. The van der Waals surface area contributed by atoms with E-state index in [1.165, 1.54) is 7.11 Å². The molecule has 0 radical (unpaired) electrons. The number of ether oxygens (including phenoxy) is 1. The first kappa shape index (κ1) is 30.0. The summed E-state index contributed by atoms with van der Waals surface area (Å²) in [6, 6.07) is 0. The number of carbonyl (C=O) groups excluding carboxylic acids is 2. The van der Waals surface area contributed by atoms with Crippen LogP contribution in [0.3, 0.4) is 0 Å². The van der Waals surface area contributed by atoms with Crippen LogP contribution in [0.2, 0.25) is 0 Å². The van der Waals surface area contributed by atoms with Gasteiger partial charge in [-0.05, 0) is 32.1 Å². The Morgan fingerprint density at radius 3 is 1.54 bits per heavy atom. The fourth-order valence-corrected chi connectivity index (χ4v) is 1.64. The Balaban J connectivity index is -0.000000393. The molecular weight excluding hydrogens is 347 g/mol. The van der Waals surface area contributed by atoms with Gasteiger partial charge in [-0.15, -0.1) is 0 Å². The molecule has 6 N–H and O–H groups in total. The number of hydrogen-bond acceptors (Lipinski definition) is 10. The van der Waals surface area contributed by atoms with Gasteiger partial charge in [0.1, 0.15) is 12.2 Å². The molecule has 26 heavy (non-hydrogen) atoms. The number of esters is 1. The van der Waals surface area contributed by atoms with Gasteiger partial charge in [-0.2, -0.15) is 0 Å². The van der Waals surface area contributed by atoms with Crippen molar-refractivity contribution in [1.82, 2.24) is 0 Å². The van der Waals surface area contributed by atoms with Gasteiger partial charge >= 0.3 is 24.8 Å². The van der Waals surface area contributed by atoms with Crippen molar-refractivity contribution in [2.45, 2.75) is 62.9 Å². The normalized spacial score (nSPS) is 14.7. The second-order valence-corrected chi connectivity index (χ2v) is 5.37. The second kappa shape index (κ2) is 19.1. The van der Waals surface area contributed by atoms with E-state index in [9.17, 15) is 14.7 Å². The van der Waals surface area contributed by atoms with Gasteiger partial charge in [0.25, 0.3) is 0 Å². The van der Waals surface area contributed by atoms with Crippen LogP contribution in [0.1, 0.15) is 38.5 Å². The van der Waals surface area contributed by atoms with Crippen molar-refractivity contribution in [3.05, 3.63) is 0 Å². The van der Waals surface area contributed by atoms with Gasteiger partial charge < -0.3 is 45.3 Å². The van der Waals surface area contributed by atoms with Gasteiger partial charge in [-0.25, -0.2) is 0 Å². The van der Waals surface area contributed by atoms with E-state index < -0.39 is 43.6 Å². The number of rotatable bonds is 12. The van der Waals surface area contributed by atoms with Gasteiger partial charge in [0.15, 0.2) is 0 Å². The van der Waals surface area contributed by atoms with Gasteiger partial charge in [0.2, 0.25) is 0 Å². The van der Waals surface area contributed by atoms with Crippen LogP contribution in [0.4, 0.5) is 0 Å². The summed E-state index contributed by atoms with van der Waals surface area (Å²) >= 11 is 0. The molecule has 0 saturated heterocycles. The first-order valence-electron chi connectivity index (χ1n) is 7.90. The zero-order valence-electron chi connectivity index (χ0n) is 15.3. The number of aliphatic hydroxyl groups is 6. The van der Waals surface area contributed by atoms with Crippen LogP contribution in [0.15, 0.2) is 0 Å². The van der Waals surface area contributed by atoms with Crippen molar-refractivity contribution in [3.8, 4) is 0 Å². The standard InChI is InChI=1S/C8H16O5.C7H14O5.Li/c1-13-8(12)4-2-3-6(10)7(11)5-9;8-4-6(10)5(9)2-1-3-7(11)12;/h6-7,9-11H,2-5H2,1H3;5-6,8-10H,1-4H2,(H,11,12);/q;;+1/p-1/t6-,7+;5-,6+;/m00./s1. The molecule has 0 amide bonds. The predicted octanol–water partition coefficient (Wildman–Crippen LogP) is -6.33. The van der Waals surface area contributed by atoms with E-state index >= 15 is 0 Å². The molecule has 150 valence electrons. The number of hydrogen-bond donors (Lipinski definition) is 6. The van der Waals surface area contributed by atoms with E-state index in [1.54, 1.807) is 0 Å². The molecule has 0 spiro atoms. The molecule has 4 atom stereocenters. The zero-order chi connectivity index (χ0) is 19.8. The molecule has 0 fully saturated rings. The summed E-state index contributed by atoms with van der Waals surface area (Å²) in [5.74, 6) is -1.52. The summed E-state index contributed by atoms with van der Waals surface area (Å²) in [6.07, 6.45) is -3.19. The number of carboxylic acids is 1. The molecule has 0 rings (SSSR count). The third-order valence-electron chi connectivity index (χ3n) is 3.25. The molecule has 0 heterocycles. The van der Waals surface area contributed by atoms with E-state index in [2.05, 4.69) is 4.74 Å². The van der Waals surface area contributed by atoms with Crippen molar-refractivity contribution in [2.75, 3.05) is 20.3 Å². The van der Waals surface area contributed by atoms with Crippen molar-refractivity contribution < 1.29 is 68.9 Å². The number of aliphatic hydroxyl groups excluding tert-OH is 6. The summed E-state index contributed by atoms with van der Waals surface area (Å²) in [6.45, 7) is -0.994. The minimum absolute atomic E-state index is 0. The van der Waals surface area contributed by atoms with Crippen LogP contribution in [-0.2, 0) is 14.3 Å². The maximum atomic E-state index is 10.6. The number of methoxy groups -OCH3 is 1. The molecule has 0 aromatic carbocycles. The smallest absolute Gasteiger partial charge is 0.550 e. The summed E-state index contributed by atoms with van der Waals surface area (Å²) < 4.78 is 4.39. The zero-order valence-corrected chi connectivity index (χ0v) is 15.3. The van der Waals surface area contributed by atoms with Gasteiger partial charge in [0.05, 0.1) is 32.5 Å². The number of carboxylic acid groups (broad SMARTS) is 1. The molecule has 0 aromatic heterocycles. The minimum Gasteiger partial charge on any atom is -0.550 e. The molecular formula is C15H29LiO10. The van der Waals surface area contributed by atoms with Crippen molar-refractivity contribution in [1.29, 1.82) is 0 Å². The average molecular weight is 376 g/mol. The Hall–Kier alpha value is -0.703. The third-order valence-corrected chi connectivity index (χ3v) is 3.25. The fraction of sp³-hybridized carbons (Fsp3) is 0.867. The topological polar surface area (TPSA) is 188 Å². The average Bonchev–Trinajstić information content (AvgIpc) is 2.59. The largest absolute Gasteiger partial charge is 1.00 e. The van der Waals surface area contributed by atoms with Crippen molar-refractivity contribution in [2.24, 2.45) is 0 Å². The Kier molecular flexibility index (Phi) is 22.0. The molecule has 0 aliphatic heterocycles. The van der Waals surface area contributed by atoms with Crippen LogP contribution in [0.25, 0.3) is 0 Å². The third kappa shape index (κ3) is 18.1. The molecule has 0 saturated carbocycles. The molecule has 0 aromatic rings. The Labute approximate surface area is 164 Å². The van der Waals surface area contributed by atoms with Crippen LogP contribution in [0, 0.1) is 0 Å². The van der Waals surface area contributed by atoms with E-state index in [-0.39, 0.29) is 56.9 Å². The first-order valence-corrected chi connectivity index (χ1v) is 7.90. The van der Waals surface area contributed by atoms with E-state index in [4.69, 9.17) is 30.6 Å². The van der Waals surface area contributed by atoms with Crippen LogP contribution in [0.5, 0.6) is 0 Å². The molecule has 10 nitrogen and oxygen atoms in total. The Bertz CT molecular complexity index is 355. The van der Waals surface area contributed by atoms with Crippen LogP contribution >= 0.6 is 0 Å². The summed E-state index contributed by atoms with van der Waals surface area (Å²) in [4.78, 5) is 20.5. The quantitative estimate of drug-likeness (QED) is 0.141. The fourth-order valence-electron chi connectivity index (χ4n) is 1.64. The maximum absolute atomic E-state index is 10.6. The molecule has 0 aliphatic rings. The molecule has 0 bridgehead atoms. The SMILES string of the molecule is COC(=O)CCC[C@H](O)[C@H](O)CO.O=C([O-])CCC[C@H](O)[C@H](O)CO.[Li+]. The minimum atomic E-state index is -1.19. The summed E-state index contributed by atoms with van der Waals surface area (Å²) in [5.41, 5.74) is 0. The predicted molar refractivity (Wildman–Crippen MR) is 82.9 cm³/mol. The molecule has 11 heteroatoms. The van der Waals surface area contributed by atoms with Crippen molar-refractivity contribution in [3.63, 3.8) is 0 Å². The van der Waals surface area contributed by atoms with E-state index in [0.717, 1.165) is 0 Å². The van der Waals surface area contributed by atoms with E-state index in [0.29, 0.717) is 6.42 Å². The summed E-state index contributed by atoms with van der Waals surface area (Å²) in [5, 5.41) is 62.7. The second-order valence-electron chi connectivity index (χ2n) is 5.37. The van der Waals surface area contributed by atoms with Crippen LogP contribution in [-0.4, -0.2) is 87.3 Å². The van der Waals surface area contributed by atoms with Gasteiger partial charge in [-0.3, -0.25) is 4.79 Å². The Morgan fingerprint density at radius 2 is 1.23 bits per heavy atom. The molecule has 0 aliphatic carbocycles. The van der Waals surface area contributed by atoms with Crippen LogP contribution < -0.4 is 24.0 Å². The van der Waals surface area contributed by atoms with Crippen molar-refractivity contribution >= 4 is 11.9 Å². The van der Waals surface area contributed by atoms with Gasteiger partial charge in [0, 0.05) is 12.4 Å². The first-order chi connectivity index (χ1) is 11.7. The number of aliphatic carboxylic acids is 1. The van der Waals surface area contributed by atoms with Gasteiger partial charge in [-0.1, -0.05) is 0 Å².